The lowest BCUT2D eigenvalue weighted by molar-refractivity contribution is 0.0733. The Hall–Kier alpha value is -2.33. The van der Waals surface area contributed by atoms with E-state index in [1.54, 1.807) is 37.5 Å². The van der Waals surface area contributed by atoms with Crippen LogP contribution in [0.2, 0.25) is 0 Å². The lowest BCUT2D eigenvalue weighted by Gasteiger charge is -2.37. The third-order valence-electron chi connectivity index (χ3n) is 5.61. The minimum Gasteiger partial charge on any atom is -0.487 e. The molecule has 1 N–H and O–H groups in total. The molecular weight excluding hydrogens is 428 g/mol. The largest absolute Gasteiger partial charge is 0.487 e. The summed E-state index contributed by atoms with van der Waals surface area (Å²) >= 11 is 0. The van der Waals surface area contributed by atoms with Crippen LogP contribution in [0.15, 0.2) is 47.9 Å². The Labute approximate surface area is 190 Å². The highest BCUT2D eigenvalue weighted by Gasteiger charge is 2.38. The van der Waals surface area contributed by atoms with Gasteiger partial charge in [-0.2, -0.15) is 4.31 Å². The highest BCUT2D eigenvalue weighted by molar-refractivity contribution is 7.89. The third-order valence-corrected chi connectivity index (χ3v) is 7.63. The van der Waals surface area contributed by atoms with Crippen LogP contribution in [-0.4, -0.2) is 71.6 Å². The summed E-state index contributed by atoms with van der Waals surface area (Å²) in [6.07, 6.45) is 8.61. The second kappa shape index (κ2) is 10.5. The van der Waals surface area contributed by atoms with Gasteiger partial charge in [-0.15, -0.1) is 0 Å². The molecule has 174 valence electrons. The molecule has 9 heteroatoms. The Morgan fingerprint density at radius 1 is 1.34 bits per heavy atom. The minimum atomic E-state index is -3.82. The van der Waals surface area contributed by atoms with Gasteiger partial charge in [-0.1, -0.05) is 25.1 Å². The van der Waals surface area contributed by atoms with Crippen molar-refractivity contribution < 1.29 is 18.3 Å². The van der Waals surface area contributed by atoms with E-state index >= 15 is 0 Å². The second-order valence-electron chi connectivity index (χ2n) is 8.39. The van der Waals surface area contributed by atoms with E-state index in [1.807, 2.05) is 33.0 Å². The number of allylic oxidation sites excluding steroid dienone is 1. The summed E-state index contributed by atoms with van der Waals surface area (Å²) in [5, 5.41) is 9.74. The zero-order chi connectivity index (χ0) is 23.3. The molecule has 1 aromatic heterocycles. The molecule has 2 heterocycles. The number of nitrogens with zero attached hydrogens (tertiary/aromatic N) is 4. The molecule has 1 aliphatic heterocycles. The minimum absolute atomic E-state index is 0.105. The summed E-state index contributed by atoms with van der Waals surface area (Å²) in [7, 11) is -1.83. The van der Waals surface area contributed by atoms with Gasteiger partial charge in [0.2, 0.25) is 10.0 Å². The molecule has 0 saturated carbocycles. The van der Waals surface area contributed by atoms with Crippen molar-refractivity contribution in [2.75, 3.05) is 26.7 Å². The Morgan fingerprint density at radius 3 is 2.72 bits per heavy atom. The van der Waals surface area contributed by atoms with Crippen molar-refractivity contribution in [1.82, 2.24) is 19.2 Å². The molecule has 32 heavy (non-hydrogen) atoms. The van der Waals surface area contributed by atoms with E-state index in [1.165, 1.54) is 10.6 Å². The number of aliphatic hydroxyl groups is 1. The fraction of sp³-hybridized carbons (Fsp3) is 0.478. The first kappa shape index (κ1) is 24.3. The highest BCUT2D eigenvalue weighted by atomic mass is 32.2. The van der Waals surface area contributed by atoms with Gasteiger partial charge in [-0.3, -0.25) is 4.90 Å². The molecule has 0 saturated heterocycles. The van der Waals surface area contributed by atoms with Crippen molar-refractivity contribution in [2.24, 2.45) is 5.92 Å². The predicted molar refractivity (Wildman–Crippen MR) is 124 cm³/mol. The van der Waals surface area contributed by atoms with E-state index in [-0.39, 0.29) is 30.1 Å². The number of aromatic nitrogens is 2. The summed E-state index contributed by atoms with van der Waals surface area (Å²) in [4.78, 5) is 10.4. The van der Waals surface area contributed by atoms with Gasteiger partial charge in [0.1, 0.15) is 23.1 Å². The number of aliphatic hydroxyl groups excluding tert-OH is 1. The van der Waals surface area contributed by atoms with Crippen LogP contribution in [0.25, 0.3) is 6.08 Å². The van der Waals surface area contributed by atoms with Crippen LogP contribution < -0.4 is 4.74 Å². The van der Waals surface area contributed by atoms with Gasteiger partial charge in [0.15, 0.2) is 0 Å². The molecule has 3 atom stereocenters. The molecule has 3 rings (SSSR count). The lowest BCUT2D eigenvalue weighted by Crippen LogP contribution is -2.49. The number of sulfonamides is 1. The van der Waals surface area contributed by atoms with Crippen LogP contribution >= 0.6 is 0 Å². The molecule has 8 nitrogen and oxygen atoms in total. The molecule has 0 bridgehead atoms. The molecular formula is C23H32N4O4S. The summed E-state index contributed by atoms with van der Waals surface area (Å²) in [5.41, 5.74) is 1.85. The van der Waals surface area contributed by atoms with Gasteiger partial charge < -0.3 is 9.84 Å². The van der Waals surface area contributed by atoms with Crippen molar-refractivity contribution in [2.45, 2.75) is 44.4 Å². The zero-order valence-electron chi connectivity index (χ0n) is 19.0. The number of benzene rings is 1. The topological polar surface area (TPSA) is 95.9 Å². The van der Waals surface area contributed by atoms with Gasteiger partial charge in [-0.05, 0) is 38.6 Å². The van der Waals surface area contributed by atoms with Gasteiger partial charge in [0, 0.05) is 49.6 Å². The predicted octanol–water partition coefficient (Wildman–Crippen LogP) is 2.41. The van der Waals surface area contributed by atoms with E-state index in [0.717, 1.165) is 11.1 Å². The number of fused-ring (bicyclic) bond motifs is 1. The number of rotatable bonds is 7. The van der Waals surface area contributed by atoms with Crippen molar-refractivity contribution in [3.8, 4) is 5.75 Å². The van der Waals surface area contributed by atoms with Crippen molar-refractivity contribution in [3.63, 3.8) is 0 Å². The monoisotopic (exact) mass is 460 g/mol. The third kappa shape index (κ3) is 5.53. The van der Waals surface area contributed by atoms with Crippen LogP contribution in [0.3, 0.4) is 0 Å². The number of hydrogen-bond donors (Lipinski definition) is 1. The maximum Gasteiger partial charge on any atom is 0.247 e. The van der Waals surface area contributed by atoms with Gasteiger partial charge in [-0.25, -0.2) is 18.4 Å². The second-order valence-corrected chi connectivity index (χ2v) is 10.2. The first-order valence-electron chi connectivity index (χ1n) is 10.7. The fourth-order valence-corrected chi connectivity index (χ4v) is 5.68. The summed E-state index contributed by atoms with van der Waals surface area (Å²) < 4.78 is 34.7. The Morgan fingerprint density at radius 2 is 2.06 bits per heavy atom. The summed E-state index contributed by atoms with van der Waals surface area (Å²) in [5.74, 6) is 0.232. The maximum atomic E-state index is 13.5. The highest BCUT2D eigenvalue weighted by Crippen LogP contribution is 2.34. The number of ether oxygens (including phenoxy) is 1. The Bertz CT molecular complexity index is 1030. The molecule has 0 radical (unpaired) electrons. The molecule has 0 unspecified atom stereocenters. The molecule has 0 spiro atoms. The van der Waals surface area contributed by atoms with Crippen LogP contribution in [0, 0.1) is 5.92 Å². The smallest absolute Gasteiger partial charge is 0.247 e. The lowest BCUT2D eigenvalue weighted by atomic mass is 10.0. The van der Waals surface area contributed by atoms with Crippen molar-refractivity contribution >= 4 is 16.1 Å². The zero-order valence-corrected chi connectivity index (χ0v) is 19.9. The van der Waals surface area contributed by atoms with E-state index in [9.17, 15) is 13.5 Å². The van der Waals surface area contributed by atoms with Gasteiger partial charge >= 0.3 is 0 Å². The van der Waals surface area contributed by atoms with E-state index in [4.69, 9.17) is 4.74 Å². The quantitative estimate of drug-likeness (QED) is 0.678. The van der Waals surface area contributed by atoms with Crippen molar-refractivity contribution in [1.29, 1.82) is 0 Å². The summed E-state index contributed by atoms with van der Waals surface area (Å²) in [6.45, 7) is 6.85. The molecule has 1 aromatic carbocycles. The fourth-order valence-electron chi connectivity index (χ4n) is 3.85. The average Bonchev–Trinajstić information content (AvgIpc) is 2.76. The molecule has 0 fully saturated rings. The summed E-state index contributed by atoms with van der Waals surface area (Å²) in [6, 6.07) is 4.59. The molecule has 1 aliphatic rings. The first-order valence-corrected chi connectivity index (χ1v) is 12.2. The van der Waals surface area contributed by atoms with Crippen LogP contribution in [0.5, 0.6) is 5.75 Å². The van der Waals surface area contributed by atoms with E-state index < -0.39 is 16.1 Å². The maximum absolute atomic E-state index is 13.5. The first-order chi connectivity index (χ1) is 15.3. The van der Waals surface area contributed by atoms with Crippen LogP contribution in [0.1, 0.15) is 31.9 Å². The Balaban J connectivity index is 1.97. The Kier molecular flexibility index (Phi) is 8.00. The van der Waals surface area contributed by atoms with Gasteiger partial charge in [0.25, 0.3) is 0 Å². The van der Waals surface area contributed by atoms with Crippen LogP contribution in [0.4, 0.5) is 0 Å². The number of likely N-dealkylation sites (N-methyl/N-ethyl adjacent to an activating group) is 1. The average molecular weight is 461 g/mol. The van der Waals surface area contributed by atoms with Crippen molar-refractivity contribution in [3.05, 3.63) is 54.1 Å². The molecule has 0 aliphatic carbocycles. The van der Waals surface area contributed by atoms with Gasteiger partial charge in [0.05, 0.1) is 6.61 Å². The standard InChI is InChI=1S/C23H32N4O4S/c1-5-6-19-7-8-23-21(9-19)31-22(14-26(4)13-20-10-24-16-25-11-20)17(2)12-27(18(3)15-28)32(23,29)30/h5-11,16-18,22,28H,12-15H2,1-4H3/b6-5+/t17-,18+,22+/m1/s1. The molecule has 0 amide bonds. The van der Waals surface area contributed by atoms with E-state index in [2.05, 4.69) is 14.9 Å². The molecule has 2 aromatic rings. The normalized spacial score (nSPS) is 22.2. The SMILES string of the molecule is C/C=C/c1ccc2c(c1)O[C@@H](CN(C)Cc1cncnc1)[C@H](C)CN([C@@H](C)CO)S2(=O)=O. The van der Waals surface area contributed by atoms with E-state index in [0.29, 0.717) is 18.8 Å². The van der Waals surface area contributed by atoms with Crippen LogP contribution in [-0.2, 0) is 16.6 Å². The number of hydrogen-bond acceptors (Lipinski definition) is 7.